The van der Waals surface area contributed by atoms with Crippen molar-refractivity contribution in [2.24, 2.45) is 0 Å². The highest BCUT2D eigenvalue weighted by atomic mass is 32.2. The molecule has 0 saturated heterocycles. The van der Waals surface area contributed by atoms with Gasteiger partial charge in [-0.05, 0) is 32.0 Å². The van der Waals surface area contributed by atoms with Crippen LogP contribution in [0.1, 0.15) is 19.4 Å². The van der Waals surface area contributed by atoms with Gasteiger partial charge in [-0.15, -0.1) is 0 Å². The third-order valence-corrected chi connectivity index (χ3v) is 4.96. The van der Waals surface area contributed by atoms with Crippen molar-refractivity contribution in [2.45, 2.75) is 30.5 Å². The Labute approximate surface area is 133 Å². The highest BCUT2D eigenvalue weighted by Crippen LogP contribution is 2.30. The van der Waals surface area contributed by atoms with E-state index in [1.54, 1.807) is 0 Å². The summed E-state index contributed by atoms with van der Waals surface area (Å²) in [4.78, 5) is -0.553. The number of nitrogens with one attached hydrogen (secondary N) is 2. The van der Waals surface area contributed by atoms with Crippen LogP contribution in [0.25, 0.3) is 0 Å². The molecule has 2 N–H and O–H groups in total. The van der Waals surface area contributed by atoms with E-state index < -0.39 is 42.2 Å². The number of hydrogen-bond donors (Lipinski definition) is 2. The zero-order valence-corrected chi connectivity index (χ0v) is 14.2. The summed E-state index contributed by atoms with van der Waals surface area (Å²) in [5.74, 6) is 0. The predicted molar refractivity (Wildman–Crippen MR) is 78.7 cm³/mol. The molecule has 0 bridgehead atoms. The molecule has 1 rings (SSSR count). The molecular formula is C12H17F3N2O4S2. The molecule has 0 saturated carbocycles. The standard InChI is InChI=1S/C12H17F3N2O4S2/c1-11(2,17-22(3,18)19)8-16-23(20,21)10-6-4-5-9(7-10)12(13,14)15/h4-7,16-17H,8H2,1-3H3. The second-order valence-electron chi connectivity index (χ2n) is 5.61. The Balaban J connectivity index is 2.97. The van der Waals surface area contributed by atoms with Gasteiger partial charge in [0.2, 0.25) is 20.0 Å². The molecule has 0 radical (unpaired) electrons. The van der Waals surface area contributed by atoms with Gasteiger partial charge in [0.25, 0.3) is 0 Å². The van der Waals surface area contributed by atoms with E-state index >= 15 is 0 Å². The maximum atomic E-state index is 12.6. The molecule has 0 atom stereocenters. The Morgan fingerprint density at radius 3 is 2.13 bits per heavy atom. The van der Waals surface area contributed by atoms with Crippen LogP contribution in [-0.4, -0.2) is 35.2 Å². The van der Waals surface area contributed by atoms with Crippen molar-refractivity contribution in [3.05, 3.63) is 29.8 Å². The lowest BCUT2D eigenvalue weighted by Crippen LogP contribution is -2.50. The van der Waals surface area contributed by atoms with Crippen molar-refractivity contribution in [3.8, 4) is 0 Å². The van der Waals surface area contributed by atoms with Gasteiger partial charge in [0.1, 0.15) is 0 Å². The SMILES string of the molecule is CC(C)(CNS(=O)(=O)c1cccc(C(F)(F)F)c1)NS(C)(=O)=O. The van der Waals surface area contributed by atoms with E-state index in [1.807, 2.05) is 0 Å². The number of hydrogen-bond acceptors (Lipinski definition) is 4. The first-order valence-electron chi connectivity index (χ1n) is 6.28. The zero-order chi connectivity index (χ0) is 18.1. The highest BCUT2D eigenvalue weighted by molar-refractivity contribution is 7.89. The minimum atomic E-state index is -4.66. The van der Waals surface area contributed by atoms with Crippen LogP contribution in [0.15, 0.2) is 29.2 Å². The molecule has 0 spiro atoms. The molecule has 0 aliphatic heterocycles. The molecule has 0 heterocycles. The van der Waals surface area contributed by atoms with Crippen LogP contribution < -0.4 is 9.44 Å². The monoisotopic (exact) mass is 374 g/mol. The Morgan fingerprint density at radius 1 is 1.09 bits per heavy atom. The lowest BCUT2D eigenvalue weighted by atomic mass is 10.1. The van der Waals surface area contributed by atoms with E-state index in [4.69, 9.17) is 0 Å². The average molecular weight is 374 g/mol. The quantitative estimate of drug-likeness (QED) is 0.785. The summed E-state index contributed by atoms with van der Waals surface area (Å²) in [6, 6.07) is 3.28. The molecule has 1 aromatic carbocycles. The van der Waals surface area contributed by atoms with Crippen LogP contribution in [0.5, 0.6) is 0 Å². The van der Waals surface area contributed by atoms with Crippen LogP contribution >= 0.6 is 0 Å². The molecule has 6 nitrogen and oxygen atoms in total. The third-order valence-electron chi connectivity index (χ3n) is 2.64. The summed E-state index contributed by atoms with van der Waals surface area (Å²) in [5.41, 5.74) is -2.24. The van der Waals surface area contributed by atoms with Gasteiger partial charge < -0.3 is 0 Å². The maximum Gasteiger partial charge on any atom is 0.416 e. The van der Waals surface area contributed by atoms with Crippen molar-refractivity contribution in [2.75, 3.05) is 12.8 Å². The summed E-state index contributed by atoms with van der Waals surface area (Å²) in [7, 11) is -7.79. The fourth-order valence-electron chi connectivity index (χ4n) is 1.74. The molecule has 0 unspecified atom stereocenters. The van der Waals surface area contributed by atoms with Gasteiger partial charge in [-0.25, -0.2) is 26.3 Å². The van der Waals surface area contributed by atoms with Crippen molar-refractivity contribution < 1.29 is 30.0 Å². The second-order valence-corrected chi connectivity index (χ2v) is 9.12. The van der Waals surface area contributed by atoms with Crippen LogP contribution in [0, 0.1) is 0 Å². The van der Waals surface area contributed by atoms with Gasteiger partial charge in [0.15, 0.2) is 0 Å². The minimum Gasteiger partial charge on any atom is -0.213 e. The first kappa shape index (κ1) is 19.9. The van der Waals surface area contributed by atoms with Gasteiger partial charge >= 0.3 is 6.18 Å². The number of benzene rings is 1. The molecule has 0 amide bonds. The normalized spacial score (nSPS) is 14.0. The van der Waals surface area contributed by atoms with E-state index in [2.05, 4.69) is 9.44 Å². The minimum absolute atomic E-state index is 0.335. The van der Waals surface area contributed by atoms with Crippen LogP contribution in [0.4, 0.5) is 13.2 Å². The van der Waals surface area contributed by atoms with Gasteiger partial charge in [0, 0.05) is 12.1 Å². The van der Waals surface area contributed by atoms with Crippen LogP contribution in [-0.2, 0) is 26.2 Å². The number of alkyl halides is 3. The Hall–Kier alpha value is -1.17. The number of rotatable bonds is 6. The van der Waals surface area contributed by atoms with E-state index in [-0.39, 0.29) is 6.54 Å². The molecular weight excluding hydrogens is 357 g/mol. The second kappa shape index (κ2) is 6.38. The van der Waals surface area contributed by atoms with Crippen molar-refractivity contribution in [3.63, 3.8) is 0 Å². The topological polar surface area (TPSA) is 92.3 Å². The summed E-state index contributed by atoms with van der Waals surface area (Å²) in [6.07, 6.45) is -3.75. The van der Waals surface area contributed by atoms with Crippen molar-refractivity contribution in [1.29, 1.82) is 0 Å². The average Bonchev–Trinajstić information content (AvgIpc) is 2.33. The lowest BCUT2D eigenvalue weighted by Gasteiger charge is -2.25. The Kier molecular flexibility index (Phi) is 5.51. The van der Waals surface area contributed by atoms with Gasteiger partial charge in [0.05, 0.1) is 16.7 Å². The van der Waals surface area contributed by atoms with E-state index in [1.165, 1.54) is 13.8 Å². The summed E-state index contributed by atoms with van der Waals surface area (Å²) in [6.45, 7) is 2.53. The predicted octanol–water partition coefficient (Wildman–Crippen LogP) is 1.31. The van der Waals surface area contributed by atoms with Gasteiger partial charge in [-0.2, -0.15) is 13.2 Å². The molecule has 132 valence electrons. The number of halogens is 3. The van der Waals surface area contributed by atoms with Crippen LogP contribution in [0.3, 0.4) is 0 Å². The lowest BCUT2D eigenvalue weighted by molar-refractivity contribution is -0.137. The van der Waals surface area contributed by atoms with E-state index in [0.717, 1.165) is 24.5 Å². The largest absolute Gasteiger partial charge is 0.416 e. The molecule has 11 heteroatoms. The van der Waals surface area contributed by atoms with Gasteiger partial charge in [-0.3, -0.25) is 0 Å². The molecule has 23 heavy (non-hydrogen) atoms. The molecule has 0 aliphatic rings. The number of sulfonamides is 2. The molecule has 0 aliphatic carbocycles. The van der Waals surface area contributed by atoms with Gasteiger partial charge in [-0.1, -0.05) is 6.07 Å². The fourth-order valence-corrected chi connectivity index (χ4v) is 4.07. The van der Waals surface area contributed by atoms with Crippen molar-refractivity contribution in [1.82, 2.24) is 9.44 Å². The van der Waals surface area contributed by atoms with E-state index in [0.29, 0.717) is 6.07 Å². The molecule has 1 aromatic rings. The Morgan fingerprint density at radius 2 is 1.65 bits per heavy atom. The van der Waals surface area contributed by atoms with E-state index in [9.17, 15) is 30.0 Å². The maximum absolute atomic E-state index is 12.6. The molecule has 0 aromatic heterocycles. The third kappa shape index (κ3) is 6.45. The Bertz CT molecular complexity index is 772. The first-order chi connectivity index (χ1) is 10.1. The van der Waals surface area contributed by atoms with Crippen molar-refractivity contribution >= 4 is 20.0 Å². The summed E-state index contributed by atoms with van der Waals surface area (Å²) < 4.78 is 88.7. The summed E-state index contributed by atoms with van der Waals surface area (Å²) in [5, 5.41) is 0. The smallest absolute Gasteiger partial charge is 0.213 e. The summed E-state index contributed by atoms with van der Waals surface area (Å²) >= 11 is 0. The fraction of sp³-hybridized carbons (Fsp3) is 0.500. The highest BCUT2D eigenvalue weighted by Gasteiger charge is 2.32. The zero-order valence-electron chi connectivity index (χ0n) is 12.6. The molecule has 0 fully saturated rings. The first-order valence-corrected chi connectivity index (χ1v) is 9.66. The van der Waals surface area contributed by atoms with Crippen LogP contribution in [0.2, 0.25) is 0 Å².